The molecule has 3 aliphatic heterocycles. The van der Waals surface area contributed by atoms with E-state index in [-0.39, 0.29) is 17.9 Å². The number of unbranched alkanes of at least 4 members (excludes halogenated alkanes) is 2. The van der Waals surface area contributed by atoms with Crippen LogP contribution in [0.15, 0.2) is 41.4 Å². The first-order valence-corrected chi connectivity index (χ1v) is 15.1. The second-order valence-corrected chi connectivity index (χ2v) is 11.1. The molecule has 2 fully saturated rings. The van der Waals surface area contributed by atoms with E-state index in [1.165, 1.54) is 0 Å². The summed E-state index contributed by atoms with van der Waals surface area (Å²) in [4.78, 5) is 36.1. The highest BCUT2D eigenvalue weighted by Crippen LogP contribution is 2.38. The minimum atomic E-state index is -0.00102. The van der Waals surface area contributed by atoms with Crippen molar-refractivity contribution in [3.8, 4) is 23.0 Å². The highest BCUT2D eigenvalue weighted by atomic mass is 16.5. The first kappa shape index (κ1) is 30.4. The SMILES string of the molecule is COc1cc(/C=C/C(=O)N2CCN(C)CC2)ccc1OCCCCCOc1cc2c(cc1OC)C(=O)N1CCC[C@H]1C=N2. The van der Waals surface area contributed by atoms with Crippen LogP contribution in [0.5, 0.6) is 23.0 Å². The van der Waals surface area contributed by atoms with Gasteiger partial charge in [0, 0.05) is 51.1 Å². The van der Waals surface area contributed by atoms with Crippen LogP contribution in [0.3, 0.4) is 0 Å². The molecule has 10 nitrogen and oxygen atoms in total. The average molecular weight is 591 g/mol. The minimum absolute atomic E-state index is 0.00102. The van der Waals surface area contributed by atoms with Gasteiger partial charge in [-0.1, -0.05) is 6.07 Å². The molecule has 5 rings (SSSR count). The first-order valence-electron chi connectivity index (χ1n) is 15.1. The summed E-state index contributed by atoms with van der Waals surface area (Å²) in [6.45, 7) is 5.11. The summed E-state index contributed by atoms with van der Waals surface area (Å²) in [7, 11) is 5.27. The molecule has 43 heavy (non-hydrogen) atoms. The van der Waals surface area contributed by atoms with E-state index >= 15 is 0 Å². The summed E-state index contributed by atoms with van der Waals surface area (Å²) < 4.78 is 23.1. The van der Waals surface area contributed by atoms with Crippen LogP contribution in [-0.2, 0) is 4.79 Å². The number of hydrogen-bond donors (Lipinski definition) is 0. The van der Waals surface area contributed by atoms with Gasteiger partial charge in [-0.3, -0.25) is 14.6 Å². The minimum Gasteiger partial charge on any atom is -0.493 e. The lowest BCUT2D eigenvalue weighted by molar-refractivity contribution is -0.127. The van der Waals surface area contributed by atoms with Gasteiger partial charge >= 0.3 is 0 Å². The van der Waals surface area contributed by atoms with Crippen molar-refractivity contribution in [3.63, 3.8) is 0 Å². The van der Waals surface area contributed by atoms with Crippen molar-refractivity contribution in [2.75, 3.05) is 67.2 Å². The molecule has 3 heterocycles. The molecular formula is C33H42N4O6. The molecule has 0 bridgehead atoms. The van der Waals surface area contributed by atoms with E-state index in [9.17, 15) is 9.59 Å². The molecule has 2 saturated heterocycles. The fourth-order valence-electron chi connectivity index (χ4n) is 5.57. The molecule has 0 spiro atoms. The van der Waals surface area contributed by atoms with Gasteiger partial charge in [0.25, 0.3) is 5.91 Å². The molecule has 10 heteroatoms. The number of piperazine rings is 1. The molecule has 0 aliphatic carbocycles. The third-order valence-corrected chi connectivity index (χ3v) is 8.18. The van der Waals surface area contributed by atoms with Crippen molar-refractivity contribution in [1.29, 1.82) is 0 Å². The predicted octanol–water partition coefficient (Wildman–Crippen LogP) is 4.44. The molecule has 0 N–H and O–H groups in total. The molecule has 2 aromatic rings. The van der Waals surface area contributed by atoms with Crippen LogP contribution in [0.2, 0.25) is 0 Å². The molecule has 0 aromatic heterocycles. The number of hydrogen-bond acceptors (Lipinski definition) is 8. The maximum Gasteiger partial charge on any atom is 0.256 e. The van der Waals surface area contributed by atoms with Crippen LogP contribution in [0, 0.1) is 0 Å². The van der Waals surface area contributed by atoms with Gasteiger partial charge in [0.15, 0.2) is 23.0 Å². The summed E-state index contributed by atoms with van der Waals surface area (Å²) in [6.07, 6.45) is 9.87. The van der Waals surface area contributed by atoms with Gasteiger partial charge in [0.2, 0.25) is 5.91 Å². The van der Waals surface area contributed by atoms with Crippen LogP contribution in [0.1, 0.15) is 48.0 Å². The monoisotopic (exact) mass is 590 g/mol. The number of ether oxygens (including phenoxy) is 4. The van der Waals surface area contributed by atoms with E-state index in [2.05, 4.69) is 16.9 Å². The molecule has 0 saturated carbocycles. The van der Waals surface area contributed by atoms with E-state index in [1.807, 2.05) is 40.3 Å². The third kappa shape index (κ3) is 7.48. The lowest BCUT2D eigenvalue weighted by Crippen LogP contribution is -2.46. The Balaban J connectivity index is 1.06. The topological polar surface area (TPSA) is 93.1 Å². The Morgan fingerprint density at radius 1 is 0.907 bits per heavy atom. The molecule has 2 aromatic carbocycles. The summed E-state index contributed by atoms with van der Waals surface area (Å²) >= 11 is 0. The number of amides is 2. The number of benzene rings is 2. The van der Waals surface area contributed by atoms with E-state index in [0.29, 0.717) is 47.5 Å². The zero-order valence-electron chi connectivity index (χ0n) is 25.4. The smallest absolute Gasteiger partial charge is 0.256 e. The Morgan fingerprint density at radius 3 is 2.37 bits per heavy atom. The maximum atomic E-state index is 13.0. The van der Waals surface area contributed by atoms with E-state index in [0.717, 1.165) is 70.4 Å². The van der Waals surface area contributed by atoms with Crippen molar-refractivity contribution in [3.05, 3.63) is 47.5 Å². The molecule has 230 valence electrons. The van der Waals surface area contributed by atoms with Gasteiger partial charge in [0.1, 0.15) is 0 Å². The zero-order chi connectivity index (χ0) is 30.2. The lowest BCUT2D eigenvalue weighted by Gasteiger charge is -2.31. The summed E-state index contributed by atoms with van der Waals surface area (Å²) in [6, 6.07) is 9.31. The molecule has 0 radical (unpaired) electrons. The fourth-order valence-corrected chi connectivity index (χ4v) is 5.57. The van der Waals surface area contributed by atoms with E-state index in [4.69, 9.17) is 18.9 Å². The zero-order valence-corrected chi connectivity index (χ0v) is 25.4. The number of carbonyl (C=O) groups excluding carboxylic acids is 2. The Morgan fingerprint density at radius 2 is 1.63 bits per heavy atom. The van der Waals surface area contributed by atoms with Crippen molar-refractivity contribution in [2.45, 2.75) is 38.1 Å². The van der Waals surface area contributed by atoms with Gasteiger partial charge in [-0.15, -0.1) is 0 Å². The summed E-state index contributed by atoms with van der Waals surface area (Å²) in [5.74, 6) is 2.46. The van der Waals surface area contributed by atoms with Crippen LogP contribution in [-0.4, -0.2) is 106 Å². The number of methoxy groups -OCH3 is 2. The van der Waals surface area contributed by atoms with E-state index in [1.54, 1.807) is 32.4 Å². The highest BCUT2D eigenvalue weighted by Gasteiger charge is 2.32. The first-order chi connectivity index (χ1) is 21.0. The van der Waals surface area contributed by atoms with Crippen molar-refractivity contribution < 1.29 is 28.5 Å². The van der Waals surface area contributed by atoms with Gasteiger partial charge in [-0.2, -0.15) is 0 Å². The number of carbonyl (C=O) groups is 2. The molecule has 3 aliphatic rings. The Bertz CT molecular complexity index is 1350. The van der Waals surface area contributed by atoms with Gasteiger partial charge in [-0.05, 0) is 69.0 Å². The third-order valence-electron chi connectivity index (χ3n) is 8.18. The maximum absolute atomic E-state index is 13.0. The van der Waals surface area contributed by atoms with Crippen molar-refractivity contribution >= 4 is 29.8 Å². The van der Waals surface area contributed by atoms with Gasteiger partial charge in [0.05, 0.1) is 44.7 Å². The van der Waals surface area contributed by atoms with Crippen molar-refractivity contribution in [2.24, 2.45) is 4.99 Å². The number of nitrogens with zero attached hydrogens (tertiary/aromatic N) is 4. The van der Waals surface area contributed by atoms with E-state index < -0.39 is 0 Å². The molecule has 2 amide bonds. The number of likely N-dealkylation sites (N-methyl/N-ethyl adjacent to an activating group) is 1. The van der Waals surface area contributed by atoms with Crippen molar-refractivity contribution in [1.82, 2.24) is 14.7 Å². The normalized spacial score (nSPS) is 18.4. The predicted molar refractivity (Wildman–Crippen MR) is 166 cm³/mol. The van der Waals surface area contributed by atoms with Crippen LogP contribution < -0.4 is 18.9 Å². The van der Waals surface area contributed by atoms with Crippen LogP contribution in [0.25, 0.3) is 6.08 Å². The van der Waals surface area contributed by atoms with Crippen LogP contribution in [0.4, 0.5) is 5.69 Å². The Labute approximate surface area is 253 Å². The Hall–Kier alpha value is -4.05. The molecule has 1 atom stereocenters. The summed E-state index contributed by atoms with van der Waals surface area (Å²) in [5.41, 5.74) is 2.06. The Kier molecular flexibility index (Phi) is 10.2. The lowest BCUT2D eigenvalue weighted by atomic mass is 10.1. The standard InChI is InChI=1S/C33H42N4O6/c1-35-14-16-36(17-15-35)32(38)12-10-24-9-11-28(29(20-24)40-2)42-18-5-4-6-19-43-31-22-27-26(21-30(31)41-3)33(39)37-13-7-8-25(37)23-34-27/h9-12,20-23,25H,4-8,13-19H2,1-3H3/b12-10+/t25-/m0/s1. The number of fused-ring (bicyclic) bond motifs is 2. The highest BCUT2D eigenvalue weighted by molar-refractivity contribution is 6.03. The molecule has 0 unspecified atom stereocenters. The number of aliphatic imine (C=N–C) groups is 1. The quantitative estimate of drug-likeness (QED) is 0.267. The average Bonchev–Trinajstić information content (AvgIpc) is 3.46. The second kappa shape index (κ2) is 14.4. The second-order valence-electron chi connectivity index (χ2n) is 11.1. The summed E-state index contributed by atoms with van der Waals surface area (Å²) in [5, 5.41) is 0. The number of rotatable bonds is 12. The van der Waals surface area contributed by atoms with Gasteiger partial charge < -0.3 is 33.6 Å². The molecular weight excluding hydrogens is 548 g/mol. The largest absolute Gasteiger partial charge is 0.493 e. The fraction of sp³-hybridized carbons (Fsp3) is 0.485. The van der Waals surface area contributed by atoms with Gasteiger partial charge in [-0.25, -0.2) is 0 Å². The van der Waals surface area contributed by atoms with Crippen LogP contribution >= 0.6 is 0 Å².